The van der Waals surface area contributed by atoms with Gasteiger partial charge in [0.1, 0.15) is 11.9 Å². The van der Waals surface area contributed by atoms with Crippen LogP contribution in [0.4, 0.5) is 4.39 Å². The average Bonchev–Trinajstić information content (AvgIpc) is 3.35. The molecule has 8 heteroatoms. The van der Waals surface area contributed by atoms with E-state index in [0.29, 0.717) is 30.6 Å². The number of hydrogen-bond acceptors (Lipinski definition) is 6. The van der Waals surface area contributed by atoms with Crippen molar-refractivity contribution < 1.29 is 13.7 Å². The van der Waals surface area contributed by atoms with Gasteiger partial charge in [0, 0.05) is 5.56 Å². The van der Waals surface area contributed by atoms with Crippen molar-refractivity contribution in [2.45, 2.75) is 26.2 Å². The number of rotatable bonds is 3. The summed E-state index contributed by atoms with van der Waals surface area (Å²) in [6, 6.07) is 14.2. The third kappa shape index (κ3) is 2.97. The number of aryl methyl sites for hydroxylation is 1. The average molecular weight is 377 g/mol. The Hall–Kier alpha value is -3.39. The molecule has 7 nitrogen and oxygen atoms in total. The number of aromatic nitrogens is 5. The predicted octanol–water partition coefficient (Wildman–Crippen LogP) is 3.71. The molecule has 0 unspecified atom stereocenters. The fourth-order valence-corrected chi connectivity index (χ4v) is 3.28. The minimum absolute atomic E-state index is 0.215. The Kier molecular flexibility index (Phi) is 3.98. The minimum Gasteiger partial charge on any atom is -0.365 e. The maximum absolute atomic E-state index is 13.1. The molecule has 28 heavy (non-hydrogen) atoms. The van der Waals surface area contributed by atoms with Gasteiger partial charge in [-0.15, -0.1) is 5.10 Å². The molecular weight excluding hydrogens is 361 g/mol. The van der Waals surface area contributed by atoms with E-state index in [1.54, 1.807) is 16.8 Å². The molecule has 1 aliphatic heterocycles. The van der Waals surface area contributed by atoms with Crippen LogP contribution in [0, 0.1) is 12.7 Å². The van der Waals surface area contributed by atoms with Crippen LogP contribution >= 0.6 is 0 Å². The van der Waals surface area contributed by atoms with Gasteiger partial charge in [-0.3, -0.25) is 0 Å². The van der Waals surface area contributed by atoms with Gasteiger partial charge >= 0.3 is 0 Å². The highest BCUT2D eigenvalue weighted by Gasteiger charge is 2.28. The van der Waals surface area contributed by atoms with E-state index in [1.807, 2.05) is 31.2 Å². The van der Waals surface area contributed by atoms with Gasteiger partial charge in [0.2, 0.25) is 5.82 Å². The first kappa shape index (κ1) is 16.8. The first-order valence-corrected chi connectivity index (χ1v) is 8.88. The van der Waals surface area contributed by atoms with Crippen molar-refractivity contribution in [3.8, 4) is 23.0 Å². The molecule has 5 rings (SSSR count). The van der Waals surface area contributed by atoms with Crippen molar-refractivity contribution in [3.05, 3.63) is 71.2 Å². The second kappa shape index (κ2) is 6.65. The van der Waals surface area contributed by atoms with Gasteiger partial charge in [-0.1, -0.05) is 46.3 Å². The summed E-state index contributed by atoms with van der Waals surface area (Å²) in [5, 5.41) is 12.5. The van der Waals surface area contributed by atoms with E-state index in [2.05, 4.69) is 20.5 Å². The van der Waals surface area contributed by atoms with Crippen LogP contribution in [0.2, 0.25) is 0 Å². The lowest BCUT2D eigenvalue weighted by Crippen LogP contribution is -2.22. The van der Waals surface area contributed by atoms with Gasteiger partial charge in [0.15, 0.2) is 5.69 Å². The second-order valence-corrected chi connectivity index (χ2v) is 6.71. The molecule has 0 spiro atoms. The zero-order chi connectivity index (χ0) is 19.1. The summed E-state index contributed by atoms with van der Waals surface area (Å²) in [6.45, 7) is 2.79. The molecule has 2 aromatic carbocycles. The lowest BCUT2D eigenvalue weighted by Gasteiger charge is -2.24. The molecule has 1 atom stereocenters. The minimum atomic E-state index is -0.274. The fourth-order valence-electron chi connectivity index (χ4n) is 3.28. The largest absolute Gasteiger partial charge is 0.365 e. The van der Waals surface area contributed by atoms with Crippen molar-refractivity contribution in [2.75, 3.05) is 0 Å². The summed E-state index contributed by atoms with van der Waals surface area (Å²) in [4.78, 5) is 4.47. The molecular formula is C20H16FN5O2. The van der Waals surface area contributed by atoms with Gasteiger partial charge in [-0.05, 0) is 30.7 Å². The molecule has 0 bridgehead atoms. The van der Waals surface area contributed by atoms with Gasteiger partial charge in [0.05, 0.1) is 18.8 Å². The topological polar surface area (TPSA) is 78.9 Å². The first-order chi connectivity index (χ1) is 13.7. The summed E-state index contributed by atoms with van der Waals surface area (Å²) in [5.41, 5.74) is 4.18. The highest BCUT2D eigenvalue weighted by molar-refractivity contribution is 5.59. The van der Waals surface area contributed by atoms with Crippen molar-refractivity contribution in [1.82, 2.24) is 25.1 Å². The lowest BCUT2D eigenvalue weighted by atomic mass is 10.1. The summed E-state index contributed by atoms with van der Waals surface area (Å²) < 4.78 is 26.3. The molecule has 0 fully saturated rings. The second-order valence-electron chi connectivity index (χ2n) is 6.71. The van der Waals surface area contributed by atoms with Crippen LogP contribution in [0.5, 0.6) is 0 Å². The Morgan fingerprint density at radius 1 is 1.14 bits per heavy atom. The molecule has 0 radical (unpaired) electrons. The summed E-state index contributed by atoms with van der Waals surface area (Å²) in [7, 11) is 0. The van der Waals surface area contributed by atoms with Crippen LogP contribution in [0.1, 0.15) is 22.9 Å². The van der Waals surface area contributed by atoms with Crippen molar-refractivity contribution in [3.63, 3.8) is 0 Å². The summed E-state index contributed by atoms with van der Waals surface area (Å²) >= 11 is 0. The third-order valence-corrected chi connectivity index (χ3v) is 4.74. The molecule has 0 saturated carbocycles. The van der Waals surface area contributed by atoms with Crippen LogP contribution in [0.3, 0.4) is 0 Å². The van der Waals surface area contributed by atoms with E-state index in [9.17, 15) is 4.39 Å². The van der Waals surface area contributed by atoms with Crippen LogP contribution < -0.4 is 0 Å². The van der Waals surface area contributed by atoms with E-state index in [-0.39, 0.29) is 11.9 Å². The SMILES string of the molecule is Cc1cccc(-c2noc(-c3nnn4c3CO[C@H](c3ccc(F)cc3)C4)n2)c1. The van der Waals surface area contributed by atoms with E-state index < -0.39 is 0 Å². The van der Waals surface area contributed by atoms with Crippen molar-refractivity contribution in [2.24, 2.45) is 0 Å². The molecule has 0 N–H and O–H groups in total. The maximum Gasteiger partial charge on any atom is 0.280 e. The summed E-state index contributed by atoms with van der Waals surface area (Å²) in [5.74, 6) is 0.534. The van der Waals surface area contributed by atoms with E-state index in [4.69, 9.17) is 9.26 Å². The quantitative estimate of drug-likeness (QED) is 0.541. The summed E-state index contributed by atoms with van der Waals surface area (Å²) in [6.07, 6.45) is -0.215. The molecule has 3 heterocycles. The number of fused-ring (bicyclic) bond motifs is 1. The van der Waals surface area contributed by atoms with Crippen LogP contribution in [0.25, 0.3) is 23.0 Å². The van der Waals surface area contributed by atoms with Crippen molar-refractivity contribution >= 4 is 0 Å². The number of hydrogen-bond donors (Lipinski definition) is 0. The van der Waals surface area contributed by atoms with E-state index in [0.717, 1.165) is 22.4 Å². The van der Waals surface area contributed by atoms with Gasteiger partial charge in [-0.2, -0.15) is 4.98 Å². The number of ether oxygens (including phenoxy) is 1. The zero-order valence-corrected chi connectivity index (χ0v) is 15.0. The van der Waals surface area contributed by atoms with E-state index in [1.165, 1.54) is 12.1 Å². The smallest absolute Gasteiger partial charge is 0.280 e. The molecule has 140 valence electrons. The number of benzene rings is 2. The normalized spacial score (nSPS) is 16.1. The molecule has 4 aromatic rings. The lowest BCUT2D eigenvalue weighted by molar-refractivity contribution is -0.00120. The highest BCUT2D eigenvalue weighted by atomic mass is 19.1. The Morgan fingerprint density at radius 3 is 2.82 bits per heavy atom. The molecule has 1 aliphatic rings. The maximum atomic E-state index is 13.1. The Bertz CT molecular complexity index is 1140. The standard InChI is InChI=1S/C20H16FN5O2/c1-12-3-2-4-14(9-12)19-22-20(28-24-19)18-16-11-27-17(10-26(16)25-23-18)13-5-7-15(21)8-6-13/h2-9,17H,10-11H2,1H3/t17-/m0/s1. The molecule has 2 aromatic heterocycles. The van der Waals surface area contributed by atoms with Crippen molar-refractivity contribution in [1.29, 1.82) is 0 Å². The third-order valence-electron chi connectivity index (χ3n) is 4.74. The van der Waals surface area contributed by atoms with Crippen LogP contribution in [-0.4, -0.2) is 25.1 Å². The molecule has 0 saturated heterocycles. The molecule has 0 aliphatic carbocycles. The monoisotopic (exact) mass is 377 g/mol. The van der Waals surface area contributed by atoms with Gasteiger partial charge < -0.3 is 9.26 Å². The number of halogens is 1. The first-order valence-electron chi connectivity index (χ1n) is 8.88. The van der Waals surface area contributed by atoms with Crippen LogP contribution in [0.15, 0.2) is 53.1 Å². The zero-order valence-electron chi connectivity index (χ0n) is 15.0. The predicted molar refractivity (Wildman–Crippen MR) is 97.4 cm³/mol. The van der Waals surface area contributed by atoms with Crippen LogP contribution in [-0.2, 0) is 17.9 Å². The highest BCUT2D eigenvalue weighted by Crippen LogP contribution is 2.31. The molecule has 0 amide bonds. The van der Waals surface area contributed by atoms with Gasteiger partial charge in [-0.25, -0.2) is 9.07 Å². The Balaban J connectivity index is 1.42. The number of nitrogens with zero attached hydrogens (tertiary/aromatic N) is 5. The van der Waals surface area contributed by atoms with E-state index >= 15 is 0 Å². The Morgan fingerprint density at radius 2 is 2.00 bits per heavy atom. The van der Waals surface area contributed by atoms with Gasteiger partial charge in [0.25, 0.3) is 5.89 Å². The fraction of sp³-hybridized carbons (Fsp3) is 0.200. The Labute approximate surface area is 159 Å².